The number of rotatable bonds is 6. The second-order valence-electron chi connectivity index (χ2n) is 4.31. The Bertz CT molecular complexity index is 625. The molecule has 0 aliphatic heterocycles. The summed E-state index contributed by atoms with van der Waals surface area (Å²) in [5.41, 5.74) is 0.415. The second kappa shape index (κ2) is 7.17. The van der Waals surface area contributed by atoms with Gasteiger partial charge < -0.3 is 10.1 Å². The highest BCUT2D eigenvalue weighted by Gasteiger charge is 2.09. The number of ether oxygens (including phenoxy) is 1. The number of nitrogens with one attached hydrogen (secondary N) is 1. The fraction of sp³-hybridized carbons (Fsp3) is 0.286. The van der Waals surface area contributed by atoms with E-state index in [4.69, 9.17) is 16.3 Å². The Morgan fingerprint density at radius 3 is 2.81 bits per heavy atom. The van der Waals surface area contributed by atoms with Gasteiger partial charge in [-0.2, -0.15) is 4.98 Å². The van der Waals surface area contributed by atoms with E-state index < -0.39 is 11.6 Å². The molecule has 21 heavy (non-hydrogen) atoms. The first-order valence-corrected chi connectivity index (χ1v) is 6.85. The lowest BCUT2D eigenvalue weighted by molar-refractivity contribution is 0.284. The van der Waals surface area contributed by atoms with Crippen molar-refractivity contribution in [3.8, 4) is 6.01 Å². The van der Waals surface area contributed by atoms with Crippen molar-refractivity contribution in [1.82, 2.24) is 9.97 Å². The van der Waals surface area contributed by atoms with Gasteiger partial charge in [0, 0.05) is 5.69 Å². The quantitative estimate of drug-likeness (QED) is 0.806. The summed E-state index contributed by atoms with van der Waals surface area (Å²) in [6.07, 6.45) is 2.85. The van der Waals surface area contributed by atoms with Crippen molar-refractivity contribution in [3.63, 3.8) is 0 Å². The maximum absolute atomic E-state index is 13.7. The standard InChI is InChI=1S/C14H14ClF2N3O/c1-2-3-6-21-14-18-8-12(17)13(20-14)19-9-4-5-11(16)10(15)7-9/h4-5,7-8H,2-3,6H2,1H3,(H,18,19,20). The summed E-state index contributed by atoms with van der Waals surface area (Å²) in [5.74, 6) is -1.24. The van der Waals surface area contributed by atoms with Gasteiger partial charge in [0.25, 0.3) is 0 Å². The van der Waals surface area contributed by atoms with Gasteiger partial charge in [0.05, 0.1) is 17.8 Å². The first kappa shape index (κ1) is 15.4. The van der Waals surface area contributed by atoms with Crippen LogP contribution in [-0.2, 0) is 0 Å². The van der Waals surface area contributed by atoms with E-state index in [0.717, 1.165) is 19.0 Å². The van der Waals surface area contributed by atoms with Crippen molar-refractivity contribution in [2.24, 2.45) is 0 Å². The van der Waals surface area contributed by atoms with Crippen molar-refractivity contribution >= 4 is 23.1 Å². The molecule has 0 aliphatic carbocycles. The summed E-state index contributed by atoms with van der Waals surface area (Å²) in [7, 11) is 0. The SMILES string of the molecule is CCCCOc1ncc(F)c(Nc2ccc(F)c(Cl)c2)n1. The molecule has 0 saturated heterocycles. The van der Waals surface area contributed by atoms with E-state index in [2.05, 4.69) is 15.3 Å². The highest BCUT2D eigenvalue weighted by atomic mass is 35.5. The van der Waals surface area contributed by atoms with Gasteiger partial charge in [0.15, 0.2) is 11.6 Å². The molecule has 1 heterocycles. The van der Waals surface area contributed by atoms with Crippen LogP contribution >= 0.6 is 11.6 Å². The predicted octanol–water partition coefficient (Wildman–Crippen LogP) is 4.33. The Balaban J connectivity index is 2.14. The number of anilines is 2. The molecule has 1 aromatic heterocycles. The number of nitrogens with zero attached hydrogens (tertiary/aromatic N) is 2. The van der Waals surface area contributed by atoms with Gasteiger partial charge in [0.1, 0.15) is 5.82 Å². The molecule has 112 valence electrons. The minimum Gasteiger partial charge on any atom is -0.463 e. The third-order valence-corrected chi connectivity index (χ3v) is 2.92. The molecule has 2 aromatic rings. The molecule has 0 unspecified atom stereocenters. The van der Waals surface area contributed by atoms with Crippen molar-refractivity contribution in [3.05, 3.63) is 41.1 Å². The van der Waals surface area contributed by atoms with E-state index in [0.29, 0.717) is 12.3 Å². The summed E-state index contributed by atoms with van der Waals surface area (Å²) in [6, 6.07) is 4.04. The highest BCUT2D eigenvalue weighted by Crippen LogP contribution is 2.23. The number of unbranched alkanes of at least 4 members (excludes halogenated alkanes) is 1. The van der Waals surface area contributed by atoms with E-state index in [1.165, 1.54) is 18.2 Å². The minimum atomic E-state index is -0.640. The van der Waals surface area contributed by atoms with Gasteiger partial charge in [-0.25, -0.2) is 13.8 Å². The Morgan fingerprint density at radius 2 is 2.10 bits per heavy atom. The van der Waals surface area contributed by atoms with Crippen LogP contribution in [0.3, 0.4) is 0 Å². The first-order valence-electron chi connectivity index (χ1n) is 6.47. The Hall–Kier alpha value is -1.95. The molecule has 0 aliphatic rings. The molecule has 0 atom stereocenters. The predicted molar refractivity (Wildman–Crippen MR) is 77.1 cm³/mol. The molecule has 1 aromatic carbocycles. The van der Waals surface area contributed by atoms with E-state index >= 15 is 0 Å². The lowest BCUT2D eigenvalue weighted by atomic mass is 10.3. The Kier molecular flexibility index (Phi) is 5.27. The summed E-state index contributed by atoms with van der Waals surface area (Å²) in [6.45, 7) is 2.49. The van der Waals surface area contributed by atoms with Crippen molar-refractivity contribution in [2.75, 3.05) is 11.9 Å². The van der Waals surface area contributed by atoms with E-state index in [-0.39, 0.29) is 16.9 Å². The lowest BCUT2D eigenvalue weighted by Crippen LogP contribution is -2.04. The van der Waals surface area contributed by atoms with Crippen LogP contribution in [0.4, 0.5) is 20.3 Å². The number of halogens is 3. The first-order chi connectivity index (χ1) is 10.1. The van der Waals surface area contributed by atoms with E-state index in [1.807, 2.05) is 6.92 Å². The van der Waals surface area contributed by atoms with E-state index in [1.54, 1.807) is 0 Å². The zero-order chi connectivity index (χ0) is 15.2. The molecule has 2 rings (SSSR count). The van der Waals surface area contributed by atoms with Crippen LogP contribution < -0.4 is 10.1 Å². The van der Waals surface area contributed by atoms with Crippen LogP contribution in [-0.4, -0.2) is 16.6 Å². The molecule has 0 saturated carbocycles. The average molecular weight is 314 g/mol. The van der Waals surface area contributed by atoms with Crippen LogP contribution in [0.2, 0.25) is 5.02 Å². The molecule has 7 heteroatoms. The average Bonchev–Trinajstić information content (AvgIpc) is 2.46. The number of aromatic nitrogens is 2. The molecule has 0 spiro atoms. The van der Waals surface area contributed by atoms with Crippen LogP contribution in [0.5, 0.6) is 6.01 Å². The van der Waals surface area contributed by atoms with Gasteiger partial charge in [-0.1, -0.05) is 24.9 Å². The molecule has 0 radical (unpaired) electrons. The Morgan fingerprint density at radius 1 is 1.29 bits per heavy atom. The van der Waals surface area contributed by atoms with Crippen molar-refractivity contribution in [1.29, 1.82) is 0 Å². The van der Waals surface area contributed by atoms with Gasteiger partial charge in [-0.05, 0) is 24.6 Å². The van der Waals surface area contributed by atoms with Crippen molar-refractivity contribution in [2.45, 2.75) is 19.8 Å². The van der Waals surface area contributed by atoms with Crippen LogP contribution in [0.15, 0.2) is 24.4 Å². The molecule has 1 N–H and O–H groups in total. The largest absolute Gasteiger partial charge is 0.463 e. The normalized spacial score (nSPS) is 10.5. The smallest absolute Gasteiger partial charge is 0.318 e. The molecular weight excluding hydrogens is 300 g/mol. The zero-order valence-electron chi connectivity index (χ0n) is 11.4. The van der Waals surface area contributed by atoms with Gasteiger partial charge in [-0.15, -0.1) is 0 Å². The molecule has 4 nitrogen and oxygen atoms in total. The number of hydrogen-bond donors (Lipinski definition) is 1. The van der Waals surface area contributed by atoms with E-state index in [9.17, 15) is 8.78 Å². The fourth-order valence-electron chi connectivity index (χ4n) is 1.53. The summed E-state index contributed by atoms with van der Waals surface area (Å²) in [5, 5.41) is 2.65. The topological polar surface area (TPSA) is 47.0 Å². The maximum Gasteiger partial charge on any atom is 0.318 e. The fourth-order valence-corrected chi connectivity index (χ4v) is 1.71. The van der Waals surface area contributed by atoms with Crippen LogP contribution in [0.1, 0.15) is 19.8 Å². The summed E-state index contributed by atoms with van der Waals surface area (Å²) in [4.78, 5) is 7.68. The summed E-state index contributed by atoms with van der Waals surface area (Å²) < 4.78 is 32.1. The second-order valence-corrected chi connectivity index (χ2v) is 4.71. The van der Waals surface area contributed by atoms with Crippen molar-refractivity contribution < 1.29 is 13.5 Å². The van der Waals surface area contributed by atoms with Gasteiger partial charge in [0.2, 0.25) is 0 Å². The number of hydrogen-bond acceptors (Lipinski definition) is 4. The molecule has 0 amide bonds. The molecule has 0 fully saturated rings. The molecule has 0 bridgehead atoms. The van der Waals surface area contributed by atoms with Gasteiger partial charge >= 0.3 is 6.01 Å². The Labute approximate surface area is 126 Å². The zero-order valence-corrected chi connectivity index (χ0v) is 12.1. The highest BCUT2D eigenvalue weighted by molar-refractivity contribution is 6.31. The number of benzene rings is 1. The third kappa shape index (κ3) is 4.26. The lowest BCUT2D eigenvalue weighted by Gasteiger charge is -2.09. The molecular formula is C14H14ClF2N3O. The summed E-state index contributed by atoms with van der Waals surface area (Å²) >= 11 is 5.67. The van der Waals surface area contributed by atoms with Crippen LogP contribution in [0, 0.1) is 11.6 Å². The third-order valence-electron chi connectivity index (χ3n) is 2.63. The maximum atomic E-state index is 13.7. The van der Waals surface area contributed by atoms with Crippen LogP contribution in [0.25, 0.3) is 0 Å². The van der Waals surface area contributed by atoms with Gasteiger partial charge in [-0.3, -0.25) is 0 Å². The minimum absolute atomic E-state index is 0.0563. The monoisotopic (exact) mass is 313 g/mol.